The number of aromatic nitrogens is 1. The van der Waals surface area contributed by atoms with Gasteiger partial charge >= 0.3 is 6.03 Å². The number of primary amides is 1. The second kappa shape index (κ2) is 6.20. The molecule has 1 atom stereocenters. The summed E-state index contributed by atoms with van der Waals surface area (Å²) >= 11 is 0. The predicted molar refractivity (Wildman–Crippen MR) is 81.5 cm³/mol. The first kappa shape index (κ1) is 15.4. The standard InChI is InChI=1S/C15H16N4O3/c1-2-15(22,19-14(16)21)7-8-17-13(20)11-9-18-12-6-4-3-5-10(11)12/h3-6,9,18,22H,2H2,1H3,(H,17,20)(H3,16,19,21). The Labute approximate surface area is 126 Å². The van der Waals surface area contributed by atoms with Gasteiger partial charge in [-0.3, -0.25) is 15.4 Å². The number of urea groups is 1. The maximum atomic E-state index is 12.1. The van der Waals surface area contributed by atoms with Crippen molar-refractivity contribution in [3.8, 4) is 12.0 Å². The normalized spacial score (nSPS) is 12.8. The van der Waals surface area contributed by atoms with Gasteiger partial charge in [0.2, 0.25) is 5.72 Å². The molecule has 0 bridgehead atoms. The molecular formula is C15H16N4O3. The molecule has 7 nitrogen and oxygen atoms in total. The van der Waals surface area contributed by atoms with E-state index < -0.39 is 17.7 Å². The van der Waals surface area contributed by atoms with Crippen LogP contribution in [0.4, 0.5) is 4.79 Å². The molecule has 0 aliphatic carbocycles. The van der Waals surface area contributed by atoms with Crippen molar-refractivity contribution in [3.63, 3.8) is 0 Å². The lowest BCUT2D eigenvalue weighted by atomic mass is 10.1. The third-order valence-electron chi connectivity index (χ3n) is 3.12. The fraction of sp³-hybridized carbons (Fsp3) is 0.200. The highest BCUT2D eigenvalue weighted by atomic mass is 16.3. The number of benzene rings is 1. The van der Waals surface area contributed by atoms with Crippen LogP contribution in [0.1, 0.15) is 23.7 Å². The van der Waals surface area contributed by atoms with E-state index in [1.54, 1.807) is 13.1 Å². The summed E-state index contributed by atoms with van der Waals surface area (Å²) in [5.41, 5.74) is 4.45. The van der Waals surface area contributed by atoms with E-state index in [2.05, 4.69) is 27.6 Å². The van der Waals surface area contributed by atoms with Gasteiger partial charge in [-0.25, -0.2) is 4.79 Å². The minimum Gasteiger partial charge on any atom is -0.361 e. The first-order valence-electron chi connectivity index (χ1n) is 6.64. The van der Waals surface area contributed by atoms with Gasteiger partial charge in [0.1, 0.15) is 0 Å². The largest absolute Gasteiger partial charge is 0.361 e. The second-order valence-electron chi connectivity index (χ2n) is 4.66. The zero-order chi connectivity index (χ0) is 16.2. The predicted octanol–water partition coefficient (Wildman–Crippen LogP) is 0.625. The average molecular weight is 300 g/mol. The maximum Gasteiger partial charge on any atom is 0.315 e. The van der Waals surface area contributed by atoms with Gasteiger partial charge in [-0.2, -0.15) is 0 Å². The second-order valence-corrected chi connectivity index (χ2v) is 4.66. The van der Waals surface area contributed by atoms with E-state index in [1.807, 2.05) is 24.3 Å². The highest BCUT2D eigenvalue weighted by Gasteiger charge is 2.23. The molecule has 0 spiro atoms. The SMILES string of the molecule is CCC(O)(C#CNC(=O)c1c[nH]c2ccccc12)NC(N)=O. The van der Waals surface area contributed by atoms with Gasteiger partial charge in [-0.05, 0) is 12.0 Å². The van der Waals surface area contributed by atoms with Crippen LogP contribution in [0.15, 0.2) is 30.5 Å². The quantitative estimate of drug-likeness (QED) is 0.325. The molecule has 1 heterocycles. The molecule has 7 heteroatoms. The molecule has 0 aliphatic rings. The third-order valence-corrected chi connectivity index (χ3v) is 3.12. The molecule has 1 aromatic carbocycles. The van der Waals surface area contributed by atoms with Gasteiger partial charge < -0.3 is 15.8 Å². The van der Waals surface area contributed by atoms with Gasteiger partial charge in [-0.15, -0.1) is 0 Å². The lowest BCUT2D eigenvalue weighted by molar-refractivity contribution is 0.0721. The summed E-state index contributed by atoms with van der Waals surface area (Å²) in [6, 6.07) is 8.80. The van der Waals surface area contributed by atoms with Crippen LogP contribution in [0, 0.1) is 12.0 Å². The number of hydrogen-bond acceptors (Lipinski definition) is 3. The Morgan fingerprint density at radius 2 is 2.14 bits per heavy atom. The van der Waals surface area contributed by atoms with Gasteiger partial charge in [0.15, 0.2) is 0 Å². The van der Waals surface area contributed by atoms with Gasteiger partial charge in [-0.1, -0.05) is 25.1 Å². The van der Waals surface area contributed by atoms with Crippen LogP contribution >= 0.6 is 0 Å². The molecule has 1 unspecified atom stereocenters. The summed E-state index contributed by atoms with van der Waals surface area (Å²) < 4.78 is 0. The Morgan fingerprint density at radius 3 is 2.82 bits per heavy atom. The van der Waals surface area contributed by atoms with Crippen LogP contribution in [0.2, 0.25) is 0 Å². The van der Waals surface area contributed by atoms with Gasteiger partial charge in [0.25, 0.3) is 5.91 Å². The van der Waals surface area contributed by atoms with Crippen molar-refractivity contribution in [3.05, 3.63) is 36.0 Å². The Bertz CT molecular complexity index is 772. The van der Waals surface area contributed by atoms with E-state index >= 15 is 0 Å². The summed E-state index contributed by atoms with van der Waals surface area (Å²) in [7, 11) is 0. The molecular weight excluding hydrogens is 284 g/mol. The Hall–Kier alpha value is -2.98. The minimum atomic E-state index is -1.78. The van der Waals surface area contributed by atoms with Crippen molar-refractivity contribution in [2.75, 3.05) is 0 Å². The lowest BCUT2D eigenvalue weighted by Crippen LogP contribution is -2.49. The van der Waals surface area contributed by atoms with Crippen molar-refractivity contribution >= 4 is 22.8 Å². The molecule has 0 fully saturated rings. The number of H-pyrrole nitrogens is 1. The molecule has 3 amide bonds. The van der Waals surface area contributed by atoms with E-state index in [1.165, 1.54) is 0 Å². The molecule has 1 aromatic heterocycles. The number of carbonyl (C=O) groups is 2. The van der Waals surface area contributed by atoms with Crippen molar-refractivity contribution in [2.24, 2.45) is 5.73 Å². The number of aliphatic hydroxyl groups is 1. The number of hydrogen-bond donors (Lipinski definition) is 5. The van der Waals surface area contributed by atoms with Crippen molar-refractivity contribution in [1.82, 2.24) is 15.6 Å². The first-order valence-corrected chi connectivity index (χ1v) is 6.64. The summed E-state index contributed by atoms with van der Waals surface area (Å²) in [6.45, 7) is 1.62. The van der Waals surface area contributed by atoms with Gasteiger partial charge in [0, 0.05) is 29.6 Å². The molecule has 0 saturated carbocycles. The van der Waals surface area contributed by atoms with Crippen LogP contribution in [0.5, 0.6) is 0 Å². The molecule has 6 N–H and O–H groups in total. The van der Waals surface area contributed by atoms with E-state index in [0.717, 1.165) is 10.9 Å². The fourth-order valence-corrected chi connectivity index (χ4v) is 1.93. The number of amides is 3. The van der Waals surface area contributed by atoms with Crippen LogP contribution in [0.3, 0.4) is 0 Å². The minimum absolute atomic E-state index is 0.117. The maximum absolute atomic E-state index is 12.1. The topological polar surface area (TPSA) is 120 Å². The van der Waals surface area contributed by atoms with Crippen molar-refractivity contribution < 1.29 is 14.7 Å². The highest BCUT2D eigenvalue weighted by molar-refractivity contribution is 6.07. The molecule has 2 rings (SSSR count). The number of para-hydroxylation sites is 1. The fourth-order valence-electron chi connectivity index (χ4n) is 1.93. The lowest BCUT2D eigenvalue weighted by Gasteiger charge is -2.19. The van der Waals surface area contributed by atoms with Crippen molar-refractivity contribution in [2.45, 2.75) is 19.1 Å². The monoisotopic (exact) mass is 300 g/mol. The van der Waals surface area contributed by atoms with Crippen LogP contribution in [-0.4, -0.2) is 27.8 Å². The van der Waals surface area contributed by atoms with Crippen LogP contribution < -0.4 is 16.4 Å². The number of fused-ring (bicyclic) bond motifs is 1. The number of aromatic amines is 1. The third kappa shape index (κ3) is 3.37. The Balaban J connectivity index is 2.13. The Kier molecular flexibility index (Phi) is 4.34. The first-order chi connectivity index (χ1) is 10.4. The molecule has 0 radical (unpaired) electrons. The summed E-state index contributed by atoms with van der Waals surface area (Å²) in [5, 5.41) is 15.2. The number of nitrogens with one attached hydrogen (secondary N) is 3. The van der Waals surface area contributed by atoms with Crippen LogP contribution in [0.25, 0.3) is 10.9 Å². The summed E-state index contributed by atoms with van der Waals surface area (Å²) in [5.74, 6) is 1.96. The van der Waals surface area contributed by atoms with Crippen LogP contribution in [-0.2, 0) is 0 Å². The molecule has 22 heavy (non-hydrogen) atoms. The zero-order valence-corrected chi connectivity index (χ0v) is 11.9. The molecule has 2 aromatic rings. The van der Waals surface area contributed by atoms with E-state index in [0.29, 0.717) is 5.56 Å². The van der Waals surface area contributed by atoms with Crippen molar-refractivity contribution in [1.29, 1.82) is 0 Å². The smallest absolute Gasteiger partial charge is 0.315 e. The molecule has 0 saturated heterocycles. The summed E-state index contributed by atoms with van der Waals surface area (Å²) in [4.78, 5) is 25.9. The van der Waals surface area contributed by atoms with Gasteiger partial charge in [0.05, 0.1) is 5.56 Å². The highest BCUT2D eigenvalue weighted by Crippen LogP contribution is 2.17. The number of rotatable bonds is 3. The average Bonchev–Trinajstić information content (AvgIpc) is 2.90. The molecule has 114 valence electrons. The Morgan fingerprint density at radius 1 is 1.41 bits per heavy atom. The number of carbonyl (C=O) groups excluding carboxylic acids is 2. The van der Waals surface area contributed by atoms with E-state index in [9.17, 15) is 14.7 Å². The van der Waals surface area contributed by atoms with E-state index in [-0.39, 0.29) is 6.42 Å². The number of nitrogens with two attached hydrogens (primary N) is 1. The zero-order valence-electron chi connectivity index (χ0n) is 11.9. The molecule has 0 aliphatic heterocycles. The van der Waals surface area contributed by atoms with E-state index in [4.69, 9.17) is 5.73 Å². The summed E-state index contributed by atoms with van der Waals surface area (Å²) in [6.07, 6.45) is 1.70.